The number of ether oxygens (including phenoxy) is 1. The van der Waals surface area contributed by atoms with Crippen LogP contribution in [0.25, 0.3) is 11.1 Å². The first-order valence-electron chi connectivity index (χ1n) is 5.15. The normalized spacial score (nSPS) is 10.0. The fourth-order valence-corrected chi connectivity index (χ4v) is 1.86. The van der Waals surface area contributed by atoms with E-state index in [1.54, 1.807) is 12.1 Å². The molecule has 2 rings (SSSR count). The highest BCUT2D eigenvalue weighted by atomic mass is 35.5. The minimum atomic E-state index is -0.422. The SMILES string of the molecule is COC(=O)c1ccc(-c2ccccc2)cc1Cl. The summed E-state index contributed by atoms with van der Waals surface area (Å²) in [6.07, 6.45) is 0. The number of carbonyl (C=O) groups excluding carboxylic acids is 1. The molecule has 0 aliphatic heterocycles. The highest BCUT2D eigenvalue weighted by Crippen LogP contribution is 2.25. The number of carbonyl (C=O) groups is 1. The quantitative estimate of drug-likeness (QED) is 0.754. The van der Waals surface area contributed by atoms with E-state index in [1.165, 1.54) is 7.11 Å². The first kappa shape index (κ1) is 11.7. The van der Waals surface area contributed by atoms with Gasteiger partial charge in [0.1, 0.15) is 0 Å². The van der Waals surface area contributed by atoms with E-state index in [0.717, 1.165) is 11.1 Å². The van der Waals surface area contributed by atoms with Crippen LogP contribution in [0.1, 0.15) is 10.4 Å². The molecule has 0 aromatic heterocycles. The van der Waals surface area contributed by atoms with E-state index in [0.29, 0.717) is 10.6 Å². The molecule has 0 saturated carbocycles. The lowest BCUT2D eigenvalue weighted by molar-refractivity contribution is 0.0601. The highest BCUT2D eigenvalue weighted by molar-refractivity contribution is 6.33. The Hall–Kier alpha value is -1.80. The molecule has 0 aliphatic carbocycles. The van der Waals surface area contributed by atoms with Crippen molar-refractivity contribution in [1.82, 2.24) is 0 Å². The Balaban J connectivity index is 2.41. The summed E-state index contributed by atoms with van der Waals surface area (Å²) >= 11 is 6.05. The first-order chi connectivity index (χ1) is 8.22. The molecule has 0 bridgehead atoms. The van der Waals surface area contributed by atoms with Crippen LogP contribution in [0, 0.1) is 0 Å². The van der Waals surface area contributed by atoms with E-state index in [9.17, 15) is 4.79 Å². The summed E-state index contributed by atoms with van der Waals surface area (Å²) in [5, 5.41) is 0.401. The predicted molar refractivity (Wildman–Crippen MR) is 68.2 cm³/mol. The van der Waals surface area contributed by atoms with Crippen molar-refractivity contribution in [2.24, 2.45) is 0 Å². The lowest BCUT2D eigenvalue weighted by Crippen LogP contribution is -2.01. The third-order valence-corrected chi connectivity index (χ3v) is 2.79. The standard InChI is InChI=1S/C14H11ClO2/c1-17-14(16)12-8-7-11(9-13(12)15)10-5-3-2-4-6-10/h2-9H,1H3. The van der Waals surface area contributed by atoms with Gasteiger partial charge in [-0.3, -0.25) is 0 Å². The Bertz CT molecular complexity index is 535. The lowest BCUT2D eigenvalue weighted by atomic mass is 10.0. The van der Waals surface area contributed by atoms with Gasteiger partial charge in [0.25, 0.3) is 0 Å². The predicted octanol–water partition coefficient (Wildman–Crippen LogP) is 3.79. The van der Waals surface area contributed by atoms with Gasteiger partial charge in [-0.15, -0.1) is 0 Å². The molecule has 0 saturated heterocycles. The minimum Gasteiger partial charge on any atom is -0.465 e. The third kappa shape index (κ3) is 2.48. The minimum absolute atomic E-state index is 0.383. The number of halogens is 1. The van der Waals surface area contributed by atoms with E-state index in [-0.39, 0.29) is 0 Å². The Morgan fingerprint density at radius 3 is 2.35 bits per heavy atom. The molecule has 2 nitrogen and oxygen atoms in total. The summed E-state index contributed by atoms with van der Waals surface area (Å²) in [6.45, 7) is 0. The zero-order valence-electron chi connectivity index (χ0n) is 9.31. The van der Waals surface area contributed by atoms with Crippen LogP contribution in [0.3, 0.4) is 0 Å². The smallest absolute Gasteiger partial charge is 0.339 e. The molecule has 0 fully saturated rings. The second-order valence-electron chi connectivity index (χ2n) is 3.55. The largest absolute Gasteiger partial charge is 0.465 e. The average molecular weight is 247 g/mol. The van der Waals surface area contributed by atoms with E-state index in [2.05, 4.69) is 4.74 Å². The zero-order valence-corrected chi connectivity index (χ0v) is 10.1. The van der Waals surface area contributed by atoms with Crippen molar-refractivity contribution < 1.29 is 9.53 Å². The number of rotatable bonds is 2. The molecule has 0 aliphatic rings. The fourth-order valence-electron chi connectivity index (χ4n) is 1.60. The maximum Gasteiger partial charge on any atom is 0.339 e. The van der Waals surface area contributed by atoms with Crippen LogP contribution in [0.4, 0.5) is 0 Å². The van der Waals surface area contributed by atoms with Crippen LogP contribution in [-0.2, 0) is 4.74 Å². The lowest BCUT2D eigenvalue weighted by Gasteiger charge is -2.05. The van der Waals surface area contributed by atoms with Gasteiger partial charge < -0.3 is 4.74 Å². The summed E-state index contributed by atoms with van der Waals surface area (Å²) in [4.78, 5) is 11.4. The van der Waals surface area contributed by atoms with Gasteiger partial charge in [-0.1, -0.05) is 48.0 Å². The topological polar surface area (TPSA) is 26.3 Å². The van der Waals surface area contributed by atoms with Gasteiger partial charge in [0, 0.05) is 0 Å². The van der Waals surface area contributed by atoms with E-state index >= 15 is 0 Å². The summed E-state index contributed by atoms with van der Waals surface area (Å²) in [5.74, 6) is -0.422. The molecule has 0 spiro atoms. The molecule has 0 unspecified atom stereocenters. The molecule has 3 heteroatoms. The zero-order chi connectivity index (χ0) is 12.3. The monoisotopic (exact) mass is 246 g/mol. The molecule has 0 amide bonds. The van der Waals surface area contributed by atoms with Gasteiger partial charge in [0.05, 0.1) is 17.7 Å². The van der Waals surface area contributed by atoms with Crippen molar-refractivity contribution in [3.8, 4) is 11.1 Å². The molecule has 0 N–H and O–H groups in total. The maximum absolute atomic E-state index is 11.4. The second-order valence-corrected chi connectivity index (χ2v) is 3.96. The Kier molecular flexibility index (Phi) is 3.45. The number of hydrogen-bond acceptors (Lipinski definition) is 2. The molecule has 2 aromatic carbocycles. The van der Waals surface area contributed by atoms with Gasteiger partial charge in [-0.2, -0.15) is 0 Å². The summed E-state index contributed by atoms with van der Waals surface area (Å²) < 4.78 is 4.64. The summed E-state index contributed by atoms with van der Waals surface area (Å²) in [7, 11) is 1.34. The summed E-state index contributed by atoms with van der Waals surface area (Å²) in [5.41, 5.74) is 2.42. The van der Waals surface area contributed by atoms with Gasteiger partial charge >= 0.3 is 5.97 Å². The average Bonchev–Trinajstić information content (AvgIpc) is 2.39. The number of hydrogen-bond donors (Lipinski definition) is 0. The van der Waals surface area contributed by atoms with Crippen LogP contribution in [-0.4, -0.2) is 13.1 Å². The van der Waals surface area contributed by atoms with Gasteiger partial charge in [0.2, 0.25) is 0 Å². The van der Waals surface area contributed by atoms with Gasteiger partial charge in [-0.25, -0.2) is 4.79 Å². The van der Waals surface area contributed by atoms with Crippen LogP contribution in [0.5, 0.6) is 0 Å². The van der Waals surface area contributed by atoms with Crippen molar-refractivity contribution in [2.45, 2.75) is 0 Å². The first-order valence-corrected chi connectivity index (χ1v) is 5.53. The Labute approximate surface area is 105 Å². The van der Waals surface area contributed by atoms with Crippen molar-refractivity contribution >= 4 is 17.6 Å². The van der Waals surface area contributed by atoms with Crippen molar-refractivity contribution in [1.29, 1.82) is 0 Å². The fraction of sp³-hybridized carbons (Fsp3) is 0.0714. The molecular weight excluding hydrogens is 236 g/mol. The molecule has 0 atom stereocenters. The molecule has 86 valence electrons. The van der Waals surface area contributed by atoms with Crippen molar-refractivity contribution in [3.63, 3.8) is 0 Å². The number of methoxy groups -OCH3 is 1. The Morgan fingerprint density at radius 1 is 1.06 bits per heavy atom. The molecule has 0 radical (unpaired) electrons. The molecular formula is C14H11ClO2. The van der Waals surface area contributed by atoms with Gasteiger partial charge in [-0.05, 0) is 23.3 Å². The van der Waals surface area contributed by atoms with Crippen LogP contribution < -0.4 is 0 Å². The number of esters is 1. The van der Waals surface area contributed by atoms with Crippen LogP contribution in [0.15, 0.2) is 48.5 Å². The third-order valence-electron chi connectivity index (χ3n) is 2.48. The molecule has 0 heterocycles. The van der Waals surface area contributed by atoms with E-state index < -0.39 is 5.97 Å². The Morgan fingerprint density at radius 2 is 1.76 bits per heavy atom. The van der Waals surface area contributed by atoms with E-state index in [1.807, 2.05) is 36.4 Å². The van der Waals surface area contributed by atoms with Gasteiger partial charge in [0.15, 0.2) is 0 Å². The highest BCUT2D eigenvalue weighted by Gasteiger charge is 2.11. The molecule has 17 heavy (non-hydrogen) atoms. The van der Waals surface area contributed by atoms with Crippen LogP contribution >= 0.6 is 11.6 Å². The molecule has 2 aromatic rings. The van der Waals surface area contributed by atoms with E-state index in [4.69, 9.17) is 11.6 Å². The van der Waals surface area contributed by atoms with Crippen molar-refractivity contribution in [3.05, 3.63) is 59.1 Å². The van der Waals surface area contributed by atoms with Crippen LogP contribution in [0.2, 0.25) is 5.02 Å². The summed E-state index contributed by atoms with van der Waals surface area (Å²) in [6, 6.07) is 15.1. The maximum atomic E-state index is 11.4. The number of benzene rings is 2. The van der Waals surface area contributed by atoms with Crippen molar-refractivity contribution in [2.75, 3.05) is 7.11 Å². The second kappa shape index (κ2) is 5.02.